The highest BCUT2D eigenvalue weighted by atomic mass is 32.2. The lowest BCUT2D eigenvalue weighted by Gasteiger charge is -2.12. The highest BCUT2D eigenvalue weighted by Crippen LogP contribution is 2.17. The minimum absolute atomic E-state index is 0.112. The summed E-state index contributed by atoms with van der Waals surface area (Å²) in [6.45, 7) is 3.02. The Hall–Kier alpha value is -1.57. The first-order valence-electron chi connectivity index (χ1n) is 6.24. The van der Waals surface area contributed by atoms with E-state index >= 15 is 0 Å². The monoisotopic (exact) mass is 284 g/mol. The number of aromatic nitrogens is 3. The molecule has 1 aliphatic rings. The van der Waals surface area contributed by atoms with E-state index in [1.165, 1.54) is 21.2 Å². The Labute approximate surface area is 114 Å². The quantitative estimate of drug-likeness (QED) is 0.782. The van der Waals surface area contributed by atoms with E-state index in [1.54, 1.807) is 0 Å². The second kappa shape index (κ2) is 6.05. The SMILES string of the molecule is CCCn1c(SCC(=O)N2CCCC2=O)n[nH]c1=O. The zero-order chi connectivity index (χ0) is 13.8. The van der Waals surface area contributed by atoms with Crippen molar-refractivity contribution in [3.63, 3.8) is 0 Å². The van der Waals surface area contributed by atoms with Crippen molar-refractivity contribution in [3.05, 3.63) is 10.5 Å². The van der Waals surface area contributed by atoms with Gasteiger partial charge in [0.25, 0.3) is 0 Å². The molecule has 0 bridgehead atoms. The van der Waals surface area contributed by atoms with Gasteiger partial charge >= 0.3 is 5.69 Å². The van der Waals surface area contributed by atoms with Crippen molar-refractivity contribution >= 4 is 23.6 Å². The van der Waals surface area contributed by atoms with Gasteiger partial charge in [0.05, 0.1) is 5.75 Å². The molecule has 0 aliphatic carbocycles. The molecule has 1 aliphatic heterocycles. The Morgan fingerprint density at radius 1 is 1.47 bits per heavy atom. The molecule has 19 heavy (non-hydrogen) atoms. The lowest BCUT2D eigenvalue weighted by atomic mass is 10.4. The van der Waals surface area contributed by atoms with Gasteiger partial charge in [-0.25, -0.2) is 9.89 Å². The highest BCUT2D eigenvalue weighted by Gasteiger charge is 2.26. The number of H-pyrrole nitrogens is 1. The van der Waals surface area contributed by atoms with Crippen LogP contribution in [0.5, 0.6) is 0 Å². The summed E-state index contributed by atoms with van der Waals surface area (Å²) >= 11 is 1.18. The molecule has 0 spiro atoms. The third-order valence-electron chi connectivity index (χ3n) is 2.87. The smallest absolute Gasteiger partial charge is 0.282 e. The summed E-state index contributed by atoms with van der Waals surface area (Å²) in [6.07, 6.45) is 1.99. The van der Waals surface area contributed by atoms with Gasteiger partial charge in [-0.05, 0) is 12.8 Å². The Balaban J connectivity index is 1.97. The van der Waals surface area contributed by atoms with Crippen LogP contribution in [0.3, 0.4) is 0 Å². The maximum absolute atomic E-state index is 11.9. The number of carbonyl (C=O) groups excluding carboxylic acids is 2. The maximum Gasteiger partial charge on any atom is 0.343 e. The second-order valence-electron chi connectivity index (χ2n) is 4.29. The molecular weight excluding hydrogens is 268 g/mol. The van der Waals surface area contributed by atoms with Crippen molar-refractivity contribution < 1.29 is 9.59 Å². The van der Waals surface area contributed by atoms with Gasteiger partial charge in [0.15, 0.2) is 5.16 Å². The van der Waals surface area contributed by atoms with Crippen molar-refractivity contribution in [1.82, 2.24) is 19.7 Å². The van der Waals surface area contributed by atoms with Crippen LogP contribution in [0.4, 0.5) is 0 Å². The van der Waals surface area contributed by atoms with Crippen LogP contribution < -0.4 is 5.69 Å². The number of nitrogens with one attached hydrogen (secondary N) is 1. The lowest BCUT2D eigenvalue weighted by molar-refractivity contribution is -0.140. The maximum atomic E-state index is 11.9. The van der Waals surface area contributed by atoms with Gasteiger partial charge in [-0.3, -0.25) is 19.1 Å². The van der Waals surface area contributed by atoms with Crippen LogP contribution in [-0.4, -0.2) is 43.8 Å². The third kappa shape index (κ3) is 3.06. The van der Waals surface area contributed by atoms with Crippen molar-refractivity contribution in [2.24, 2.45) is 0 Å². The van der Waals surface area contributed by atoms with Crippen LogP contribution in [0.25, 0.3) is 0 Å². The van der Waals surface area contributed by atoms with Crippen molar-refractivity contribution in [1.29, 1.82) is 0 Å². The van der Waals surface area contributed by atoms with Crippen LogP contribution in [0, 0.1) is 0 Å². The molecule has 0 aromatic carbocycles. The van der Waals surface area contributed by atoms with Crippen LogP contribution >= 0.6 is 11.8 Å². The summed E-state index contributed by atoms with van der Waals surface area (Å²) in [5.41, 5.74) is -0.269. The normalized spacial score (nSPS) is 15.2. The molecule has 1 fully saturated rings. The molecular formula is C11H16N4O3S. The topological polar surface area (TPSA) is 88.1 Å². The third-order valence-corrected chi connectivity index (χ3v) is 3.83. The van der Waals surface area contributed by atoms with E-state index in [4.69, 9.17) is 0 Å². The standard InChI is InChI=1S/C11H16N4O3S/c1-2-5-15-10(18)12-13-11(15)19-7-9(17)14-6-3-4-8(14)16/h2-7H2,1H3,(H,12,18). The first-order chi connectivity index (χ1) is 9.13. The zero-order valence-electron chi connectivity index (χ0n) is 10.7. The van der Waals surface area contributed by atoms with Gasteiger partial charge in [-0.2, -0.15) is 0 Å². The van der Waals surface area contributed by atoms with E-state index < -0.39 is 0 Å². The summed E-state index contributed by atoms with van der Waals surface area (Å²) in [5.74, 6) is -0.204. The number of rotatable bonds is 5. The van der Waals surface area contributed by atoms with E-state index in [0.29, 0.717) is 24.7 Å². The number of likely N-dealkylation sites (tertiary alicyclic amines) is 1. The fourth-order valence-corrected chi connectivity index (χ4v) is 2.80. The molecule has 2 heterocycles. The number of nitrogens with zero attached hydrogens (tertiary/aromatic N) is 3. The van der Waals surface area contributed by atoms with Gasteiger partial charge in [-0.15, -0.1) is 5.10 Å². The molecule has 0 saturated carbocycles. The molecule has 0 radical (unpaired) electrons. The minimum atomic E-state index is -0.269. The molecule has 7 nitrogen and oxygen atoms in total. The van der Waals surface area contributed by atoms with Crippen LogP contribution in [-0.2, 0) is 16.1 Å². The number of carbonyl (C=O) groups is 2. The van der Waals surface area contributed by atoms with Gasteiger partial charge in [0, 0.05) is 19.5 Å². The minimum Gasteiger partial charge on any atom is -0.282 e. The van der Waals surface area contributed by atoms with E-state index in [2.05, 4.69) is 10.2 Å². The number of thioether (sulfide) groups is 1. The molecule has 1 saturated heterocycles. The van der Waals surface area contributed by atoms with Crippen molar-refractivity contribution in [2.45, 2.75) is 37.9 Å². The van der Waals surface area contributed by atoms with Crippen molar-refractivity contribution in [2.75, 3.05) is 12.3 Å². The first kappa shape index (κ1) is 13.9. The zero-order valence-corrected chi connectivity index (χ0v) is 11.5. The van der Waals surface area contributed by atoms with Gasteiger partial charge < -0.3 is 0 Å². The Bertz CT molecular complexity index is 536. The summed E-state index contributed by atoms with van der Waals surface area (Å²) in [6, 6.07) is 0. The average Bonchev–Trinajstić information content (AvgIpc) is 2.95. The highest BCUT2D eigenvalue weighted by molar-refractivity contribution is 7.99. The molecule has 2 rings (SSSR count). The summed E-state index contributed by atoms with van der Waals surface area (Å²) < 4.78 is 1.50. The van der Waals surface area contributed by atoms with Gasteiger partial charge in [-0.1, -0.05) is 18.7 Å². The number of aromatic amines is 1. The number of hydrogen-bond donors (Lipinski definition) is 1. The fraction of sp³-hybridized carbons (Fsp3) is 0.636. The fourth-order valence-electron chi connectivity index (χ4n) is 1.95. The van der Waals surface area contributed by atoms with Gasteiger partial charge in [0.2, 0.25) is 11.8 Å². The van der Waals surface area contributed by atoms with E-state index in [-0.39, 0.29) is 23.3 Å². The number of hydrogen-bond acceptors (Lipinski definition) is 5. The Kier molecular flexibility index (Phi) is 4.41. The van der Waals surface area contributed by atoms with Crippen LogP contribution in [0.15, 0.2) is 9.95 Å². The molecule has 2 amide bonds. The molecule has 1 aromatic heterocycles. The predicted molar refractivity (Wildman–Crippen MR) is 69.8 cm³/mol. The predicted octanol–water partition coefficient (Wildman–Crippen LogP) is 0.222. The lowest BCUT2D eigenvalue weighted by Crippen LogP contribution is -2.33. The molecule has 1 N–H and O–H groups in total. The van der Waals surface area contributed by atoms with Crippen LogP contribution in [0.2, 0.25) is 0 Å². The number of amides is 2. The largest absolute Gasteiger partial charge is 0.343 e. The molecule has 8 heteroatoms. The van der Waals surface area contributed by atoms with Crippen molar-refractivity contribution in [3.8, 4) is 0 Å². The molecule has 0 atom stereocenters. The second-order valence-corrected chi connectivity index (χ2v) is 5.24. The summed E-state index contributed by atoms with van der Waals surface area (Å²) in [7, 11) is 0. The molecule has 0 unspecified atom stereocenters. The molecule has 104 valence electrons. The van der Waals surface area contributed by atoms with E-state index in [1.807, 2.05) is 6.92 Å². The van der Waals surface area contributed by atoms with E-state index in [9.17, 15) is 14.4 Å². The number of imide groups is 1. The van der Waals surface area contributed by atoms with E-state index in [0.717, 1.165) is 12.8 Å². The molecule has 1 aromatic rings. The van der Waals surface area contributed by atoms with Crippen LogP contribution in [0.1, 0.15) is 26.2 Å². The first-order valence-corrected chi connectivity index (χ1v) is 7.23. The Morgan fingerprint density at radius 3 is 2.89 bits per heavy atom. The van der Waals surface area contributed by atoms with Gasteiger partial charge in [0.1, 0.15) is 0 Å². The average molecular weight is 284 g/mol. The summed E-state index contributed by atoms with van der Waals surface area (Å²) in [5, 5.41) is 6.75. The summed E-state index contributed by atoms with van der Waals surface area (Å²) in [4.78, 5) is 36.0. The Morgan fingerprint density at radius 2 is 2.26 bits per heavy atom.